The molecule has 1 unspecified atom stereocenters. The smallest absolute Gasteiger partial charge is 0.261 e. The normalized spacial score (nSPS) is 11.8. The number of amides is 2. The Balaban J connectivity index is 2.15. The van der Waals surface area contributed by atoms with Gasteiger partial charge in [0.25, 0.3) is 5.91 Å². The molecular weight excluding hydrogens is 364 g/mol. The maximum atomic E-state index is 13.1. The number of nitrogens with one attached hydrogen (secondary N) is 1. The van der Waals surface area contributed by atoms with Crippen molar-refractivity contribution in [2.75, 3.05) is 13.2 Å². The third kappa shape index (κ3) is 7.26. The van der Waals surface area contributed by atoms with Crippen molar-refractivity contribution in [2.45, 2.75) is 46.7 Å². The van der Waals surface area contributed by atoms with Crippen molar-refractivity contribution >= 4 is 11.8 Å². The average molecular weight is 397 g/mol. The van der Waals surface area contributed by atoms with Crippen molar-refractivity contribution in [1.82, 2.24) is 10.2 Å². The van der Waals surface area contributed by atoms with Crippen LogP contribution in [-0.2, 0) is 16.1 Å². The molecule has 0 heterocycles. The lowest BCUT2D eigenvalue weighted by Gasteiger charge is -2.30. The first-order chi connectivity index (χ1) is 13.9. The van der Waals surface area contributed by atoms with Crippen LogP contribution in [0.25, 0.3) is 0 Å². The molecule has 0 saturated carbocycles. The summed E-state index contributed by atoms with van der Waals surface area (Å²) in [6, 6.07) is 16.8. The van der Waals surface area contributed by atoms with Crippen molar-refractivity contribution in [3.63, 3.8) is 0 Å². The summed E-state index contributed by atoms with van der Waals surface area (Å²) < 4.78 is 5.72. The van der Waals surface area contributed by atoms with Gasteiger partial charge in [-0.1, -0.05) is 63.2 Å². The van der Waals surface area contributed by atoms with E-state index in [0.29, 0.717) is 31.2 Å². The van der Waals surface area contributed by atoms with Gasteiger partial charge in [0.1, 0.15) is 11.8 Å². The quantitative estimate of drug-likeness (QED) is 0.661. The second-order valence-electron chi connectivity index (χ2n) is 7.68. The third-order valence-electron chi connectivity index (χ3n) is 4.62. The van der Waals surface area contributed by atoms with Gasteiger partial charge < -0.3 is 15.0 Å². The topological polar surface area (TPSA) is 58.6 Å². The summed E-state index contributed by atoms with van der Waals surface area (Å²) >= 11 is 0. The van der Waals surface area contributed by atoms with Crippen LogP contribution in [0.15, 0.2) is 54.6 Å². The van der Waals surface area contributed by atoms with Gasteiger partial charge in [0.05, 0.1) is 0 Å². The van der Waals surface area contributed by atoms with Crippen molar-refractivity contribution in [2.24, 2.45) is 5.92 Å². The number of ether oxygens (including phenoxy) is 1. The van der Waals surface area contributed by atoms with E-state index in [0.717, 1.165) is 11.1 Å². The molecule has 29 heavy (non-hydrogen) atoms. The molecule has 0 saturated heterocycles. The number of benzene rings is 2. The lowest BCUT2D eigenvalue weighted by atomic mass is 10.1. The van der Waals surface area contributed by atoms with Gasteiger partial charge in [0.15, 0.2) is 6.61 Å². The molecule has 0 spiro atoms. The summed E-state index contributed by atoms with van der Waals surface area (Å²) in [5.41, 5.74) is 2.04. The van der Waals surface area contributed by atoms with E-state index in [1.165, 1.54) is 0 Å². The molecule has 1 atom stereocenters. The van der Waals surface area contributed by atoms with Gasteiger partial charge in [-0.05, 0) is 42.5 Å². The fraction of sp³-hybridized carbons (Fsp3) is 0.417. The number of rotatable bonds is 10. The molecule has 0 aliphatic heterocycles. The highest BCUT2D eigenvalue weighted by Gasteiger charge is 2.28. The van der Waals surface area contributed by atoms with Crippen molar-refractivity contribution in [3.8, 4) is 5.75 Å². The largest absolute Gasteiger partial charge is 0.484 e. The van der Waals surface area contributed by atoms with Gasteiger partial charge in [-0.3, -0.25) is 9.59 Å². The molecule has 2 rings (SSSR count). The Hall–Kier alpha value is -2.82. The van der Waals surface area contributed by atoms with Crippen LogP contribution in [0.3, 0.4) is 0 Å². The predicted molar refractivity (Wildman–Crippen MR) is 116 cm³/mol. The number of nitrogens with zero attached hydrogens (tertiary/aromatic N) is 1. The van der Waals surface area contributed by atoms with Crippen LogP contribution in [0.4, 0.5) is 0 Å². The molecule has 2 aromatic rings. The Morgan fingerprint density at radius 1 is 1.07 bits per heavy atom. The Kier molecular flexibility index (Phi) is 8.71. The van der Waals surface area contributed by atoms with Gasteiger partial charge in [-0.2, -0.15) is 0 Å². The molecule has 5 nitrogen and oxygen atoms in total. The molecule has 0 radical (unpaired) electrons. The van der Waals surface area contributed by atoms with Crippen molar-refractivity contribution < 1.29 is 14.3 Å². The molecular formula is C24H32N2O3. The third-order valence-corrected chi connectivity index (χ3v) is 4.62. The van der Waals surface area contributed by atoms with E-state index in [1.54, 1.807) is 4.90 Å². The van der Waals surface area contributed by atoms with E-state index in [2.05, 4.69) is 5.32 Å². The monoisotopic (exact) mass is 396 g/mol. The van der Waals surface area contributed by atoms with E-state index in [9.17, 15) is 9.59 Å². The van der Waals surface area contributed by atoms with E-state index in [1.807, 2.05) is 82.3 Å². The molecule has 5 heteroatoms. The second kappa shape index (κ2) is 11.2. The number of hydrogen-bond acceptors (Lipinski definition) is 3. The predicted octanol–water partition coefficient (Wildman–Crippen LogP) is 3.95. The lowest BCUT2D eigenvalue weighted by molar-refractivity contribution is -0.143. The van der Waals surface area contributed by atoms with E-state index < -0.39 is 6.04 Å². The molecule has 156 valence electrons. The summed E-state index contributed by atoms with van der Waals surface area (Å²) in [6.07, 6.45) is 0.535. The molecule has 0 fully saturated rings. The molecule has 0 aromatic heterocycles. The van der Waals surface area contributed by atoms with E-state index in [4.69, 9.17) is 4.74 Å². The van der Waals surface area contributed by atoms with Crippen LogP contribution in [0.5, 0.6) is 5.75 Å². The van der Waals surface area contributed by atoms with Crippen LogP contribution in [0.2, 0.25) is 0 Å². The van der Waals surface area contributed by atoms with Crippen molar-refractivity contribution in [1.29, 1.82) is 0 Å². The molecule has 0 aliphatic rings. The van der Waals surface area contributed by atoms with Gasteiger partial charge in [-0.15, -0.1) is 0 Å². The molecule has 0 aliphatic carbocycles. The SMILES string of the molecule is CCC(C(=O)NCC(C)C)N(Cc1ccccc1)C(=O)COc1cccc(C)c1. The minimum atomic E-state index is -0.539. The molecule has 1 N–H and O–H groups in total. The minimum Gasteiger partial charge on any atom is -0.484 e. The fourth-order valence-electron chi connectivity index (χ4n) is 3.06. The summed E-state index contributed by atoms with van der Waals surface area (Å²) in [4.78, 5) is 27.5. The maximum absolute atomic E-state index is 13.1. The van der Waals surface area contributed by atoms with Crippen LogP contribution < -0.4 is 10.1 Å². The van der Waals surface area contributed by atoms with Crippen LogP contribution in [0, 0.1) is 12.8 Å². The first-order valence-corrected chi connectivity index (χ1v) is 10.2. The first-order valence-electron chi connectivity index (χ1n) is 10.2. The fourth-order valence-corrected chi connectivity index (χ4v) is 3.06. The van der Waals surface area contributed by atoms with Gasteiger partial charge in [0.2, 0.25) is 5.91 Å². The Morgan fingerprint density at radius 3 is 2.41 bits per heavy atom. The summed E-state index contributed by atoms with van der Waals surface area (Å²) in [5, 5.41) is 2.96. The minimum absolute atomic E-state index is 0.107. The van der Waals surface area contributed by atoms with Gasteiger partial charge >= 0.3 is 0 Å². The van der Waals surface area contributed by atoms with Crippen LogP contribution in [0.1, 0.15) is 38.3 Å². The standard InChI is InChI=1S/C24H32N2O3/c1-5-22(24(28)25-15-18(2)3)26(16-20-11-7-6-8-12-20)23(27)17-29-21-13-9-10-19(4)14-21/h6-14,18,22H,5,15-17H2,1-4H3,(H,25,28). The summed E-state index contributed by atoms with van der Waals surface area (Å²) in [6.45, 7) is 8.83. The molecule has 0 bridgehead atoms. The Labute approximate surface area is 174 Å². The highest BCUT2D eigenvalue weighted by Crippen LogP contribution is 2.15. The molecule has 2 aromatic carbocycles. The van der Waals surface area contributed by atoms with Gasteiger partial charge in [-0.25, -0.2) is 0 Å². The van der Waals surface area contributed by atoms with Crippen molar-refractivity contribution in [3.05, 3.63) is 65.7 Å². The second-order valence-corrected chi connectivity index (χ2v) is 7.68. The number of carbonyl (C=O) groups excluding carboxylic acids is 2. The maximum Gasteiger partial charge on any atom is 0.261 e. The number of carbonyl (C=O) groups is 2. The van der Waals surface area contributed by atoms with Crippen LogP contribution in [-0.4, -0.2) is 35.9 Å². The first kappa shape index (κ1) is 22.5. The number of hydrogen-bond donors (Lipinski definition) is 1. The Morgan fingerprint density at radius 2 is 1.79 bits per heavy atom. The van der Waals surface area contributed by atoms with E-state index >= 15 is 0 Å². The van der Waals surface area contributed by atoms with Crippen LogP contribution >= 0.6 is 0 Å². The molecule has 2 amide bonds. The number of aryl methyl sites for hydroxylation is 1. The highest BCUT2D eigenvalue weighted by molar-refractivity contribution is 5.88. The van der Waals surface area contributed by atoms with Gasteiger partial charge in [0, 0.05) is 13.1 Å². The summed E-state index contributed by atoms with van der Waals surface area (Å²) in [5.74, 6) is 0.664. The average Bonchev–Trinajstić information content (AvgIpc) is 2.71. The van der Waals surface area contributed by atoms with E-state index in [-0.39, 0.29) is 18.4 Å². The zero-order valence-corrected chi connectivity index (χ0v) is 17.9. The zero-order chi connectivity index (χ0) is 21.2. The highest BCUT2D eigenvalue weighted by atomic mass is 16.5. The Bertz CT molecular complexity index is 790. The lowest BCUT2D eigenvalue weighted by Crippen LogP contribution is -2.50. The zero-order valence-electron chi connectivity index (χ0n) is 17.9. The summed E-state index contributed by atoms with van der Waals surface area (Å²) in [7, 11) is 0.